The van der Waals surface area contributed by atoms with Crippen molar-refractivity contribution in [2.24, 2.45) is 5.92 Å². The molecule has 3 heteroatoms. The second-order valence-electron chi connectivity index (χ2n) is 6.39. The Hall–Kier alpha value is -1.12. The van der Waals surface area contributed by atoms with Gasteiger partial charge in [-0.3, -0.25) is 0 Å². The number of anilines is 1. The minimum absolute atomic E-state index is 0.576. The molecule has 0 saturated heterocycles. The second-order valence-corrected chi connectivity index (χ2v) is 6.39. The van der Waals surface area contributed by atoms with E-state index in [0.717, 1.165) is 36.9 Å². The van der Waals surface area contributed by atoms with Crippen molar-refractivity contribution in [3.8, 4) is 0 Å². The first kappa shape index (κ1) is 16.3. The maximum atomic E-state index is 4.85. The molecule has 0 atom stereocenters. The van der Waals surface area contributed by atoms with Crippen LogP contribution in [0.25, 0.3) is 0 Å². The van der Waals surface area contributed by atoms with Gasteiger partial charge in [0.25, 0.3) is 0 Å². The van der Waals surface area contributed by atoms with Crippen LogP contribution in [0.15, 0.2) is 6.07 Å². The molecule has 0 spiro atoms. The highest BCUT2D eigenvalue weighted by Gasteiger charge is 2.24. The van der Waals surface area contributed by atoms with E-state index in [-0.39, 0.29) is 0 Å². The van der Waals surface area contributed by atoms with Crippen LogP contribution in [0.2, 0.25) is 0 Å². The smallest absolute Gasteiger partial charge is 0.134 e. The normalized spacial score (nSPS) is 22.2. The Balaban J connectivity index is 2.07. The molecule has 0 amide bonds. The number of aromatic nitrogens is 2. The summed E-state index contributed by atoms with van der Waals surface area (Å²) in [5.41, 5.74) is 1.20. The van der Waals surface area contributed by atoms with Gasteiger partial charge >= 0.3 is 0 Å². The highest BCUT2D eigenvalue weighted by atomic mass is 15.0. The van der Waals surface area contributed by atoms with E-state index in [1.807, 2.05) is 0 Å². The van der Waals surface area contributed by atoms with Gasteiger partial charge in [0.15, 0.2) is 0 Å². The van der Waals surface area contributed by atoms with Crippen LogP contribution < -0.4 is 5.32 Å². The van der Waals surface area contributed by atoms with Gasteiger partial charge in [0.1, 0.15) is 11.6 Å². The van der Waals surface area contributed by atoms with Crippen molar-refractivity contribution in [2.75, 3.05) is 11.9 Å². The molecule has 1 fully saturated rings. The largest absolute Gasteiger partial charge is 0.370 e. The van der Waals surface area contributed by atoms with Gasteiger partial charge in [-0.25, -0.2) is 9.97 Å². The Morgan fingerprint density at radius 1 is 1.05 bits per heavy atom. The van der Waals surface area contributed by atoms with Gasteiger partial charge in [-0.15, -0.1) is 0 Å². The fourth-order valence-corrected chi connectivity index (χ4v) is 3.47. The lowest BCUT2D eigenvalue weighted by atomic mass is 9.80. The van der Waals surface area contributed by atoms with Crippen LogP contribution >= 0.6 is 0 Å². The van der Waals surface area contributed by atoms with Gasteiger partial charge < -0.3 is 5.32 Å². The third kappa shape index (κ3) is 4.69. The molecule has 0 unspecified atom stereocenters. The van der Waals surface area contributed by atoms with E-state index >= 15 is 0 Å². The summed E-state index contributed by atoms with van der Waals surface area (Å²) in [6, 6.07) is 2.12. The van der Waals surface area contributed by atoms with Crippen LogP contribution in [0.1, 0.15) is 83.2 Å². The third-order valence-electron chi connectivity index (χ3n) is 4.57. The fourth-order valence-electron chi connectivity index (χ4n) is 3.47. The molecule has 2 rings (SSSR count). The third-order valence-corrected chi connectivity index (χ3v) is 4.57. The first-order chi connectivity index (χ1) is 10.3. The lowest BCUT2D eigenvalue weighted by molar-refractivity contribution is 0.302. The zero-order chi connectivity index (χ0) is 15.1. The van der Waals surface area contributed by atoms with Crippen molar-refractivity contribution >= 4 is 5.82 Å². The molecule has 1 aromatic heterocycles. The van der Waals surface area contributed by atoms with Crippen LogP contribution in [0.4, 0.5) is 5.82 Å². The molecule has 0 bridgehead atoms. The van der Waals surface area contributed by atoms with Gasteiger partial charge in [-0.1, -0.05) is 33.1 Å². The van der Waals surface area contributed by atoms with E-state index < -0.39 is 0 Å². The van der Waals surface area contributed by atoms with Gasteiger partial charge in [-0.2, -0.15) is 0 Å². The minimum Gasteiger partial charge on any atom is -0.370 e. The Morgan fingerprint density at radius 2 is 1.81 bits per heavy atom. The van der Waals surface area contributed by atoms with Gasteiger partial charge in [-0.05, 0) is 44.9 Å². The Kier molecular flexibility index (Phi) is 6.47. The number of nitrogens with one attached hydrogen (secondary N) is 1. The van der Waals surface area contributed by atoms with E-state index in [9.17, 15) is 0 Å². The summed E-state index contributed by atoms with van der Waals surface area (Å²) < 4.78 is 0. The summed E-state index contributed by atoms with van der Waals surface area (Å²) in [4.78, 5) is 9.63. The maximum Gasteiger partial charge on any atom is 0.134 e. The van der Waals surface area contributed by atoms with Crippen molar-refractivity contribution in [3.05, 3.63) is 17.6 Å². The summed E-state index contributed by atoms with van der Waals surface area (Å²) in [5.74, 6) is 3.62. The SMILES string of the molecule is CCCc1cc(NCC)nc(C2CCC(CCC)CC2)n1. The van der Waals surface area contributed by atoms with E-state index in [4.69, 9.17) is 9.97 Å². The molecule has 0 aromatic carbocycles. The molecule has 1 aromatic rings. The predicted molar refractivity (Wildman–Crippen MR) is 89.8 cm³/mol. The zero-order valence-corrected chi connectivity index (χ0v) is 14.0. The lowest BCUT2D eigenvalue weighted by Crippen LogP contribution is -2.17. The number of hydrogen-bond acceptors (Lipinski definition) is 3. The van der Waals surface area contributed by atoms with Crippen LogP contribution in [-0.2, 0) is 6.42 Å². The standard InChI is InChI=1S/C18H31N3/c1-4-7-14-9-11-15(12-10-14)18-20-16(8-5-2)13-17(21-18)19-6-3/h13-15H,4-12H2,1-3H3,(H,19,20,21). The zero-order valence-electron chi connectivity index (χ0n) is 14.0. The molecular weight excluding hydrogens is 258 g/mol. The topological polar surface area (TPSA) is 37.8 Å². The van der Waals surface area contributed by atoms with Crippen molar-refractivity contribution < 1.29 is 0 Å². The molecule has 1 N–H and O–H groups in total. The lowest BCUT2D eigenvalue weighted by Gasteiger charge is -2.27. The van der Waals surface area contributed by atoms with E-state index in [0.29, 0.717) is 5.92 Å². The molecule has 1 aliphatic carbocycles. The molecule has 0 aliphatic heterocycles. The number of hydrogen-bond donors (Lipinski definition) is 1. The van der Waals surface area contributed by atoms with Gasteiger partial charge in [0, 0.05) is 24.2 Å². The number of rotatable bonds is 7. The molecule has 21 heavy (non-hydrogen) atoms. The molecule has 1 heterocycles. The van der Waals surface area contributed by atoms with Crippen molar-refractivity contribution in [1.82, 2.24) is 9.97 Å². The monoisotopic (exact) mass is 289 g/mol. The first-order valence-corrected chi connectivity index (χ1v) is 8.88. The summed E-state index contributed by atoms with van der Waals surface area (Å²) in [5, 5.41) is 3.36. The van der Waals surface area contributed by atoms with Gasteiger partial charge in [0.05, 0.1) is 0 Å². The minimum atomic E-state index is 0.576. The average molecular weight is 289 g/mol. The van der Waals surface area contributed by atoms with Crippen molar-refractivity contribution in [3.63, 3.8) is 0 Å². The highest BCUT2D eigenvalue weighted by Crippen LogP contribution is 2.36. The Bertz CT molecular complexity index is 398. The van der Waals surface area contributed by atoms with Crippen LogP contribution in [0.3, 0.4) is 0 Å². The number of aryl methyl sites for hydroxylation is 1. The van der Waals surface area contributed by atoms with Crippen LogP contribution in [0, 0.1) is 5.92 Å². The van der Waals surface area contributed by atoms with Crippen molar-refractivity contribution in [1.29, 1.82) is 0 Å². The molecule has 3 nitrogen and oxygen atoms in total. The Labute approximate surface area is 130 Å². The first-order valence-electron chi connectivity index (χ1n) is 8.88. The maximum absolute atomic E-state index is 4.85. The molecule has 1 aliphatic rings. The van der Waals surface area contributed by atoms with E-state index in [1.165, 1.54) is 44.2 Å². The summed E-state index contributed by atoms with van der Waals surface area (Å²) in [6.07, 6.45) is 10.2. The molecular formula is C18H31N3. The quantitative estimate of drug-likeness (QED) is 0.773. The molecule has 0 radical (unpaired) electrons. The Morgan fingerprint density at radius 3 is 2.43 bits per heavy atom. The summed E-state index contributed by atoms with van der Waals surface area (Å²) in [7, 11) is 0. The van der Waals surface area contributed by atoms with E-state index in [2.05, 4.69) is 32.2 Å². The molecule has 1 saturated carbocycles. The highest BCUT2D eigenvalue weighted by molar-refractivity contribution is 5.36. The van der Waals surface area contributed by atoms with Gasteiger partial charge in [0.2, 0.25) is 0 Å². The average Bonchev–Trinajstić information content (AvgIpc) is 2.49. The summed E-state index contributed by atoms with van der Waals surface area (Å²) in [6.45, 7) is 7.55. The molecule has 118 valence electrons. The second kappa shape index (κ2) is 8.35. The number of nitrogens with zero attached hydrogens (tertiary/aromatic N) is 2. The van der Waals surface area contributed by atoms with Crippen LogP contribution in [-0.4, -0.2) is 16.5 Å². The predicted octanol–water partition coefficient (Wildman–Crippen LogP) is 4.93. The van der Waals surface area contributed by atoms with Crippen LogP contribution in [0.5, 0.6) is 0 Å². The van der Waals surface area contributed by atoms with E-state index in [1.54, 1.807) is 0 Å². The summed E-state index contributed by atoms with van der Waals surface area (Å²) >= 11 is 0. The van der Waals surface area contributed by atoms with Crippen molar-refractivity contribution in [2.45, 2.75) is 78.1 Å². The fraction of sp³-hybridized carbons (Fsp3) is 0.778.